The molecule has 0 unspecified atom stereocenters. The van der Waals surface area contributed by atoms with Crippen molar-refractivity contribution in [2.75, 3.05) is 23.3 Å². The lowest BCUT2D eigenvalue weighted by atomic mass is 10.1. The number of benzene rings is 1. The predicted octanol–water partition coefficient (Wildman–Crippen LogP) is 2.89. The summed E-state index contributed by atoms with van der Waals surface area (Å²) in [6.45, 7) is 5.77. The Kier molecular flexibility index (Phi) is 4.20. The molecule has 0 aliphatic carbocycles. The minimum atomic E-state index is -0.207. The normalized spacial score (nSPS) is 14.0. The molecule has 1 aliphatic rings. The molecule has 1 fully saturated rings. The molecule has 132 valence electrons. The Morgan fingerprint density at radius 2 is 1.65 bits per heavy atom. The average molecular weight is 348 g/mol. The standard InChI is InChI=1S/C19H20N6O/c1-12-17(13(2)23-19(22-12)25-9-3-4-10-25)24-18(26)14-5-6-15-16(11-14)21-8-7-20-15/h5-8,11H,3-4,9-10H2,1-2H3,(H,24,26). The van der Waals surface area contributed by atoms with Crippen LogP contribution in [0.4, 0.5) is 11.6 Å². The first-order chi connectivity index (χ1) is 12.6. The van der Waals surface area contributed by atoms with E-state index in [4.69, 9.17) is 0 Å². The van der Waals surface area contributed by atoms with E-state index in [-0.39, 0.29) is 5.91 Å². The van der Waals surface area contributed by atoms with Gasteiger partial charge < -0.3 is 10.2 Å². The van der Waals surface area contributed by atoms with E-state index in [1.807, 2.05) is 13.8 Å². The van der Waals surface area contributed by atoms with Crippen molar-refractivity contribution in [1.82, 2.24) is 19.9 Å². The fourth-order valence-electron chi connectivity index (χ4n) is 3.23. The van der Waals surface area contributed by atoms with Gasteiger partial charge in [0.1, 0.15) is 0 Å². The van der Waals surface area contributed by atoms with Gasteiger partial charge in [-0.1, -0.05) is 0 Å². The van der Waals surface area contributed by atoms with Gasteiger partial charge in [0.2, 0.25) is 5.95 Å². The summed E-state index contributed by atoms with van der Waals surface area (Å²) in [5, 5.41) is 2.95. The molecule has 0 bridgehead atoms. The number of rotatable bonds is 3. The quantitative estimate of drug-likeness (QED) is 0.783. The van der Waals surface area contributed by atoms with Gasteiger partial charge in [-0.3, -0.25) is 14.8 Å². The van der Waals surface area contributed by atoms with Crippen LogP contribution >= 0.6 is 0 Å². The van der Waals surface area contributed by atoms with Crippen molar-refractivity contribution in [2.45, 2.75) is 26.7 Å². The van der Waals surface area contributed by atoms with Crippen molar-refractivity contribution in [3.05, 3.63) is 47.5 Å². The van der Waals surface area contributed by atoms with E-state index in [0.717, 1.165) is 35.9 Å². The molecule has 1 N–H and O–H groups in total. The lowest BCUT2D eigenvalue weighted by Gasteiger charge is -2.18. The molecule has 0 spiro atoms. The van der Waals surface area contributed by atoms with Crippen LogP contribution in [0.2, 0.25) is 0 Å². The first-order valence-electron chi connectivity index (χ1n) is 8.74. The molecule has 0 saturated carbocycles. The summed E-state index contributed by atoms with van der Waals surface area (Å²) in [7, 11) is 0. The average Bonchev–Trinajstić information content (AvgIpc) is 3.18. The van der Waals surface area contributed by atoms with Gasteiger partial charge in [-0.05, 0) is 44.9 Å². The molecule has 1 aromatic carbocycles. The maximum atomic E-state index is 12.7. The smallest absolute Gasteiger partial charge is 0.255 e. The number of amides is 1. The van der Waals surface area contributed by atoms with Crippen molar-refractivity contribution < 1.29 is 4.79 Å². The van der Waals surface area contributed by atoms with Crippen LogP contribution in [0, 0.1) is 13.8 Å². The van der Waals surface area contributed by atoms with Crippen molar-refractivity contribution >= 4 is 28.6 Å². The molecule has 1 saturated heterocycles. The zero-order valence-corrected chi connectivity index (χ0v) is 14.9. The highest BCUT2D eigenvalue weighted by molar-refractivity contribution is 6.06. The molecule has 4 rings (SSSR count). The Bertz CT molecular complexity index is 958. The minimum absolute atomic E-state index is 0.207. The van der Waals surface area contributed by atoms with Gasteiger partial charge in [-0.25, -0.2) is 9.97 Å². The molecule has 3 heterocycles. The molecule has 0 atom stereocenters. The second-order valence-corrected chi connectivity index (χ2v) is 6.48. The van der Waals surface area contributed by atoms with Gasteiger partial charge in [0.05, 0.1) is 28.1 Å². The Morgan fingerprint density at radius 1 is 1.00 bits per heavy atom. The van der Waals surface area contributed by atoms with Gasteiger partial charge in [-0.2, -0.15) is 0 Å². The van der Waals surface area contributed by atoms with Gasteiger partial charge in [-0.15, -0.1) is 0 Å². The molecule has 1 amide bonds. The highest BCUT2D eigenvalue weighted by Gasteiger charge is 2.19. The van der Waals surface area contributed by atoms with Gasteiger partial charge in [0, 0.05) is 31.0 Å². The number of carbonyl (C=O) groups is 1. The first-order valence-corrected chi connectivity index (χ1v) is 8.74. The van der Waals surface area contributed by atoms with E-state index >= 15 is 0 Å². The number of aromatic nitrogens is 4. The molecular weight excluding hydrogens is 328 g/mol. The molecule has 3 aromatic rings. The van der Waals surface area contributed by atoms with E-state index in [0.29, 0.717) is 16.8 Å². The monoisotopic (exact) mass is 348 g/mol. The fraction of sp³-hybridized carbons (Fsp3) is 0.316. The Labute approximate surface area is 151 Å². The summed E-state index contributed by atoms with van der Waals surface area (Å²) >= 11 is 0. The van der Waals surface area contributed by atoms with Crippen LogP contribution in [0.5, 0.6) is 0 Å². The Balaban J connectivity index is 1.60. The zero-order chi connectivity index (χ0) is 18.1. The van der Waals surface area contributed by atoms with Gasteiger partial charge in [0.15, 0.2) is 0 Å². The summed E-state index contributed by atoms with van der Waals surface area (Å²) in [5.41, 5.74) is 4.18. The van der Waals surface area contributed by atoms with Crippen LogP contribution in [-0.2, 0) is 0 Å². The van der Waals surface area contributed by atoms with E-state index in [9.17, 15) is 4.79 Å². The number of aryl methyl sites for hydroxylation is 2. The number of hydrogen-bond acceptors (Lipinski definition) is 6. The first kappa shape index (κ1) is 16.4. The number of nitrogens with zero attached hydrogens (tertiary/aromatic N) is 5. The second-order valence-electron chi connectivity index (χ2n) is 6.48. The maximum absolute atomic E-state index is 12.7. The second kappa shape index (κ2) is 6.67. The Hall–Kier alpha value is -3.09. The summed E-state index contributed by atoms with van der Waals surface area (Å²) in [5.74, 6) is 0.540. The number of anilines is 2. The number of hydrogen-bond donors (Lipinski definition) is 1. The van der Waals surface area contributed by atoms with E-state index in [2.05, 4.69) is 30.2 Å². The lowest BCUT2D eigenvalue weighted by molar-refractivity contribution is 0.102. The molecule has 7 nitrogen and oxygen atoms in total. The van der Waals surface area contributed by atoms with Crippen molar-refractivity contribution in [3.8, 4) is 0 Å². The highest BCUT2D eigenvalue weighted by atomic mass is 16.1. The summed E-state index contributed by atoms with van der Waals surface area (Å²) in [4.78, 5) is 32.5. The van der Waals surface area contributed by atoms with Crippen LogP contribution in [0.3, 0.4) is 0 Å². The van der Waals surface area contributed by atoms with Crippen LogP contribution in [0.25, 0.3) is 11.0 Å². The van der Waals surface area contributed by atoms with Crippen molar-refractivity contribution in [1.29, 1.82) is 0 Å². The van der Waals surface area contributed by atoms with Crippen molar-refractivity contribution in [3.63, 3.8) is 0 Å². The minimum Gasteiger partial charge on any atom is -0.341 e. The van der Waals surface area contributed by atoms with Crippen LogP contribution in [-0.4, -0.2) is 38.9 Å². The van der Waals surface area contributed by atoms with Crippen LogP contribution in [0.15, 0.2) is 30.6 Å². The van der Waals surface area contributed by atoms with Gasteiger partial charge in [0.25, 0.3) is 5.91 Å². The van der Waals surface area contributed by atoms with E-state index in [1.165, 1.54) is 12.8 Å². The SMILES string of the molecule is Cc1nc(N2CCCC2)nc(C)c1NC(=O)c1ccc2nccnc2c1. The van der Waals surface area contributed by atoms with E-state index in [1.54, 1.807) is 30.6 Å². The molecule has 26 heavy (non-hydrogen) atoms. The summed E-state index contributed by atoms with van der Waals surface area (Å²) in [6.07, 6.45) is 5.59. The third-order valence-electron chi connectivity index (χ3n) is 4.62. The van der Waals surface area contributed by atoms with Crippen LogP contribution in [0.1, 0.15) is 34.6 Å². The van der Waals surface area contributed by atoms with Crippen LogP contribution < -0.4 is 10.2 Å². The molecular formula is C19H20N6O. The summed E-state index contributed by atoms with van der Waals surface area (Å²) in [6, 6.07) is 5.28. The highest BCUT2D eigenvalue weighted by Crippen LogP contribution is 2.23. The third kappa shape index (κ3) is 3.08. The van der Waals surface area contributed by atoms with Crippen molar-refractivity contribution in [2.24, 2.45) is 0 Å². The Morgan fingerprint density at radius 3 is 2.35 bits per heavy atom. The maximum Gasteiger partial charge on any atom is 0.255 e. The number of fused-ring (bicyclic) bond motifs is 1. The number of carbonyl (C=O) groups excluding carboxylic acids is 1. The molecule has 7 heteroatoms. The molecule has 2 aromatic heterocycles. The largest absolute Gasteiger partial charge is 0.341 e. The predicted molar refractivity (Wildman–Crippen MR) is 100 cm³/mol. The third-order valence-corrected chi connectivity index (χ3v) is 4.62. The molecule has 1 aliphatic heterocycles. The zero-order valence-electron chi connectivity index (χ0n) is 14.9. The topological polar surface area (TPSA) is 83.9 Å². The fourth-order valence-corrected chi connectivity index (χ4v) is 3.23. The lowest BCUT2D eigenvalue weighted by Crippen LogP contribution is -2.22. The van der Waals surface area contributed by atoms with Gasteiger partial charge >= 0.3 is 0 Å². The number of nitrogens with one attached hydrogen (secondary N) is 1. The summed E-state index contributed by atoms with van der Waals surface area (Å²) < 4.78 is 0. The van der Waals surface area contributed by atoms with E-state index < -0.39 is 0 Å². The molecule has 0 radical (unpaired) electrons.